The summed E-state index contributed by atoms with van der Waals surface area (Å²) < 4.78 is 0. The van der Waals surface area contributed by atoms with Crippen LogP contribution in [0.5, 0.6) is 0 Å². The van der Waals surface area contributed by atoms with Crippen LogP contribution in [0.4, 0.5) is 5.95 Å². The number of nitrogens with zero attached hydrogens (tertiary/aromatic N) is 3. The van der Waals surface area contributed by atoms with E-state index in [1.54, 1.807) is 42.9 Å². The molecule has 0 saturated carbocycles. The van der Waals surface area contributed by atoms with E-state index >= 15 is 0 Å². The molecule has 0 aliphatic heterocycles. The zero-order valence-corrected chi connectivity index (χ0v) is 22.0. The zero-order chi connectivity index (χ0) is 28.2. The lowest BCUT2D eigenvalue weighted by Gasteiger charge is -2.51. The summed E-state index contributed by atoms with van der Waals surface area (Å²) in [7, 11) is 0. The number of aromatic nitrogens is 3. The van der Waals surface area contributed by atoms with Crippen molar-refractivity contribution >= 4 is 11.9 Å². The van der Waals surface area contributed by atoms with Crippen molar-refractivity contribution in [3.63, 3.8) is 0 Å². The molecule has 9 nitrogen and oxygen atoms in total. The van der Waals surface area contributed by atoms with Gasteiger partial charge in [0.05, 0.1) is 12.6 Å². The number of fused-ring (bicyclic) bond motifs is 1. The quantitative estimate of drug-likeness (QED) is 0.209. The summed E-state index contributed by atoms with van der Waals surface area (Å²) in [6.45, 7) is 0. The van der Waals surface area contributed by atoms with Crippen molar-refractivity contribution in [3.05, 3.63) is 147 Å². The largest absolute Gasteiger partial charge is 0.328 e. The van der Waals surface area contributed by atoms with E-state index < -0.39 is 22.9 Å². The molecule has 8 rings (SSSR count). The molecule has 2 aromatic heterocycles. The molecule has 41 heavy (non-hydrogen) atoms. The number of H-pyrrole nitrogens is 1. The topological polar surface area (TPSA) is 140 Å². The fraction of sp³-hybridized carbons (Fsp3) is 0.156. The number of rotatable bonds is 6. The highest BCUT2D eigenvalue weighted by atomic mass is 16.6. The molecular formula is C32H26N6O3. The Bertz CT molecular complexity index is 1750. The van der Waals surface area contributed by atoms with E-state index in [2.05, 4.69) is 44.5 Å². The smallest absolute Gasteiger partial charge is 0.274 e. The lowest BCUT2D eigenvalue weighted by atomic mass is 9.52. The Balaban J connectivity index is 1.16. The summed E-state index contributed by atoms with van der Waals surface area (Å²) in [6.07, 6.45) is 5.63. The van der Waals surface area contributed by atoms with E-state index in [1.807, 2.05) is 36.4 Å². The number of amides is 1. The molecule has 9 heteroatoms. The third kappa shape index (κ3) is 3.77. The van der Waals surface area contributed by atoms with Gasteiger partial charge in [-0.05, 0) is 39.9 Å². The van der Waals surface area contributed by atoms with Crippen LogP contribution in [0.3, 0.4) is 0 Å². The van der Waals surface area contributed by atoms with Crippen LogP contribution in [0.1, 0.15) is 45.8 Å². The van der Waals surface area contributed by atoms with E-state index in [-0.39, 0.29) is 17.3 Å². The number of carbonyl (C=O) groups excluding carboxylic acids is 1. The number of carbonyl (C=O) groups is 1. The van der Waals surface area contributed by atoms with E-state index in [1.165, 1.54) is 0 Å². The summed E-state index contributed by atoms with van der Waals surface area (Å²) in [5.74, 6) is -0.799. The van der Waals surface area contributed by atoms with Gasteiger partial charge in [0.1, 0.15) is 5.54 Å². The van der Waals surface area contributed by atoms with Gasteiger partial charge in [0.25, 0.3) is 5.54 Å². The molecule has 3 aliphatic carbocycles. The van der Waals surface area contributed by atoms with Crippen LogP contribution in [-0.2, 0) is 16.8 Å². The number of nitrogens with two attached hydrogens (primary N) is 1. The SMILES string of the molecule is NC1(C(=O)Nc2ncc(Cc3ccc(-c4ccncc4)cc3)[nH]2)CC2([N+](=O)[O-])c3ccccc3C1c1ccccc12. The molecule has 0 radical (unpaired) electrons. The minimum absolute atomic E-state index is 0.158. The highest BCUT2D eigenvalue weighted by molar-refractivity contribution is 5.99. The number of aromatic amines is 1. The maximum atomic E-state index is 13.9. The van der Waals surface area contributed by atoms with Crippen molar-refractivity contribution in [1.29, 1.82) is 0 Å². The number of imidazole rings is 1. The van der Waals surface area contributed by atoms with Crippen molar-refractivity contribution in [1.82, 2.24) is 15.0 Å². The minimum Gasteiger partial charge on any atom is -0.328 e. The fourth-order valence-corrected chi connectivity index (χ4v) is 6.62. The third-order valence-corrected chi connectivity index (χ3v) is 8.46. The highest BCUT2D eigenvalue weighted by Gasteiger charge is 2.67. The second kappa shape index (κ2) is 9.21. The number of benzene rings is 3. The average molecular weight is 543 g/mol. The molecule has 0 spiro atoms. The van der Waals surface area contributed by atoms with Crippen LogP contribution >= 0.6 is 0 Å². The Kier molecular flexibility index (Phi) is 5.58. The van der Waals surface area contributed by atoms with Gasteiger partial charge < -0.3 is 10.7 Å². The van der Waals surface area contributed by atoms with E-state index in [4.69, 9.17) is 5.73 Å². The first-order valence-electron chi connectivity index (χ1n) is 13.4. The number of nitro groups is 1. The van der Waals surface area contributed by atoms with E-state index in [0.717, 1.165) is 22.4 Å². The lowest BCUT2D eigenvalue weighted by molar-refractivity contribution is -0.571. The zero-order valence-electron chi connectivity index (χ0n) is 22.0. The van der Waals surface area contributed by atoms with Crippen LogP contribution in [0.2, 0.25) is 0 Å². The number of anilines is 1. The van der Waals surface area contributed by atoms with Gasteiger partial charge >= 0.3 is 0 Å². The first-order chi connectivity index (χ1) is 19.9. The molecule has 0 fully saturated rings. The minimum atomic E-state index is -1.62. The van der Waals surface area contributed by atoms with Gasteiger partial charge in [-0.2, -0.15) is 0 Å². The second-order valence-corrected chi connectivity index (χ2v) is 10.8. The second-order valence-electron chi connectivity index (χ2n) is 10.8. The summed E-state index contributed by atoms with van der Waals surface area (Å²) in [4.78, 5) is 38.0. The molecule has 1 unspecified atom stereocenters. The van der Waals surface area contributed by atoms with Crippen molar-refractivity contribution < 1.29 is 9.72 Å². The molecule has 202 valence electrons. The Morgan fingerprint density at radius 1 is 0.951 bits per heavy atom. The number of hydrogen-bond acceptors (Lipinski definition) is 6. The Labute approximate surface area is 235 Å². The summed E-state index contributed by atoms with van der Waals surface area (Å²) >= 11 is 0. The van der Waals surface area contributed by atoms with Gasteiger partial charge in [-0.15, -0.1) is 0 Å². The van der Waals surface area contributed by atoms with Gasteiger partial charge in [-0.3, -0.25) is 25.2 Å². The van der Waals surface area contributed by atoms with Crippen LogP contribution in [0, 0.1) is 10.1 Å². The van der Waals surface area contributed by atoms with Crippen molar-refractivity contribution in [3.8, 4) is 11.1 Å². The molecule has 5 aromatic rings. The first-order valence-corrected chi connectivity index (χ1v) is 13.4. The molecule has 2 bridgehead atoms. The molecule has 1 amide bonds. The Morgan fingerprint density at radius 3 is 2.20 bits per heavy atom. The Hall–Kier alpha value is -5.15. The molecule has 4 N–H and O–H groups in total. The van der Waals surface area contributed by atoms with Gasteiger partial charge in [0.15, 0.2) is 0 Å². The van der Waals surface area contributed by atoms with Gasteiger partial charge in [-0.1, -0.05) is 72.8 Å². The monoisotopic (exact) mass is 542 g/mol. The number of hydrogen-bond donors (Lipinski definition) is 3. The van der Waals surface area contributed by atoms with Gasteiger partial charge in [-0.25, -0.2) is 4.98 Å². The lowest BCUT2D eigenvalue weighted by Crippen LogP contribution is -2.66. The molecule has 3 aliphatic rings. The van der Waals surface area contributed by atoms with Crippen LogP contribution in [-0.4, -0.2) is 31.3 Å². The van der Waals surface area contributed by atoms with Crippen molar-refractivity contribution in [2.45, 2.75) is 29.8 Å². The molecule has 0 saturated heterocycles. The standard InChI is InChI=1S/C32H26N6O3/c33-31(19-32(38(40)41)26-7-3-1-5-24(26)28(31)25-6-2-4-8-27(25)32)29(39)37-30-35-18-23(36-30)17-20-9-11-21(12-10-20)22-13-15-34-16-14-22/h1-16,18,28H,17,19,33H2,(H2,35,36,37,39). The Morgan fingerprint density at radius 2 is 1.56 bits per heavy atom. The third-order valence-electron chi connectivity index (χ3n) is 8.46. The first kappa shape index (κ1) is 24.9. The van der Waals surface area contributed by atoms with Crippen LogP contribution < -0.4 is 11.1 Å². The van der Waals surface area contributed by atoms with Crippen molar-refractivity contribution in [2.24, 2.45) is 5.73 Å². The summed E-state index contributed by atoms with van der Waals surface area (Å²) in [5, 5.41) is 15.6. The normalized spacial score (nSPS) is 22.0. The molecular weight excluding hydrogens is 516 g/mol. The van der Waals surface area contributed by atoms with Gasteiger partial charge in [0, 0.05) is 46.5 Å². The average Bonchev–Trinajstić information content (AvgIpc) is 3.44. The maximum Gasteiger partial charge on any atom is 0.274 e. The van der Waals surface area contributed by atoms with Crippen LogP contribution in [0.25, 0.3) is 11.1 Å². The summed E-state index contributed by atoms with van der Waals surface area (Å²) in [6, 6.07) is 26.6. The number of pyridine rings is 1. The van der Waals surface area contributed by atoms with E-state index in [9.17, 15) is 14.9 Å². The predicted molar refractivity (Wildman–Crippen MR) is 154 cm³/mol. The maximum absolute atomic E-state index is 13.9. The highest BCUT2D eigenvalue weighted by Crippen LogP contribution is 2.59. The van der Waals surface area contributed by atoms with Gasteiger partial charge in [0.2, 0.25) is 11.9 Å². The predicted octanol–water partition coefficient (Wildman–Crippen LogP) is 4.77. The fourth-order valence-electron chi connectivity index (χ4n) is 6.62. The van der Waals surface area contributed by atoms with E-state index in [0.29, 0.717) is 28.7 Å². The molecule has 2 heterocycles. The number of nitrogens with one attached hydrogen (secondary N) is 2. The summed E-state index contributed by atoms with van der Waals surface area (Å²) in [5.41, 5.74) is 10.4. The van der Waals surface area contributed by atoms with Crippen LogP contribution in [0.15, 0.2) is 104 Å². The molecule has 3 aromatic carbocycles. The van der Waals surface area contributed by atoms with Crippen molar-refractivity contribution in [2.75, 3.05) is 5.32 Å². The molecule has 1 atom stereocenters.